The Labute approximate surface area is 189 Å². The molecule has 0 bridgehead atoms. The second kappa shape index (κ2) is 9.90. The third-order valence-corrected chi connectivity index (χ3v) is 6.66. The van der Waals surface area contributed by atoms with Crippen molar-refractivity contribution < 1.29 is 14.6 Å². The Morgan fingerprint density at radius 1 is 1.09 bits per heavy atom. The van der Waals surface area contributed by atoms with E-state index in [-0.39, 0.29) is 30.4 Å². The van der Waals surface area contributed by atoms with E-state index >= 15 is 0 Å². The third-order valence-electron chi connectivity index (χ3n) is 6.66. The maximum absolute atomic E-state index is 13.1. The molecule has 0 radical (unpaired) electrons. The standard InChI is InChI=1S/C27H28N2O3/c1-32-23-9-5-6-20(16-23)11-10-19-12-14-21(15-13-19)26-24(17-28)29(25(26)18-30)27(31)22-7-3-2-4-8-22/h5-6,9,12-16,22,24-26,30H,2-4,7-8,18H2,1H3/t24-,25+,26-/m0/s1. The number of hydrogen-bond acceptors (Lipinski definition) is 4. The zero-order chi connectivity index (χ0) is 22.5. The van der Waals surface area contributed by atoms with E-state index < -0.39 is 6.04 Å². The van der Waals surface area contributed by atoms with Crippen molar-refractivity contribution in [1.82, 2.24) is 4.90 Å². The molecule has 5 heteroatoms. The fourth-order valence-corrected chi connectivity index (χ4v) is 4.90. The second-order valence-electron chi connectivity index (χ2n) is 8.53. The number of aliphatic hydroxyl groups excluding tert-OH is 1. The number of nitriles is 1. The van der Waals surface area contributed by atoms with Crippen LogP contribution < -0.4 is 4.74 Å². The van der Waals surface area contributed by atoms with Crippen molar-refractivity contribution >= 4 is 5.91 Å². The molecule has 32 heavy (non-hydrogen) atoms. The van der Waals surface area contributed by atoms with Crippen molar-refractivity contribution in [2.75, 3.05) is 13.7 Å². The minimum Gasteiger partial charge on any atom is -0.497 e. The van der Waals surface area contributed by atoms with E-state index in [0.29, 0.717) is 0 Å². The number of aliphatic hydroxyl groups is 1. The molecule has 2 aliphatic rings. The molecule has 2 aromatic rings. The highest BCUT2D eigenvalue weighted by molar-refractivity contribution is 5.81. The first kappa shape index (κ1) is 21.9. The van der Waals surface area contributed by atoms with Crippen LogP contribution in [0.2, 0.25) is 0 Å². The van der Waals surface area contributed by atoms with Gasteiger partial charge in [-0.05, 0) is 48.7 Å². The summed E-state index contributed by atoms with van der Waals surface area (Å²) >= 11 is 0. The van der Waals surface area contributed by atoms with Crippen LogP contribution in [0, 0.1) is 29.1 Å². The van der Waals surface area contributed by atoms with Gasteiger partial charge in [-0.25, -0.2) is 0 Å². The van der Waals surface area contributed by atoms with Crippen LogP contribution in [0.1, 0.15) is 54.7 Å². The van der Waals surface area contributed by atoms with Crippen LogP contribution in [-0.2, 0) is 4.79 Å². The normalized spacial score (nSPS) is 22.8. The van der Waals surface area contributed by atoms with Gasteiger partial charge in [-0.2, -0.15) is 5.26 Å². The van der Waals surface area contributed by atoms with Gasteiger partial charge in [-0.3, -0.25) is 4.79 Å². The molecule has 2 aromatic carbocycles. The van der Waals surface area contributed by atoms with Gasteiger partial charge in [0.1, 0.15) is 11.8 Å². The van der Waals surface area contributed by atoms with E-state index in [1.807, 2.05) is 48.5 Å². The van der Waals surface area contributed by atoms with Crippen LogP contribution in [0.5, 0.6) is 5.75 Å². The summed E-state index contributed by atoms with van der Waals surface area (Å²) in [6.07, 6.45) is 5.07. The zero-order valence-electron chi connectivity index (χ0n) is 18.3. The summed E-state index contributed by atoms with van der Waals surface area (Å²) < 4.78 is 5.23. The molecule has 1 amide bonds. The molecule has 1 aliphatic heterocycles. The Balaban J connectivity index is 1.49. The Morgan fingerprint density at radius 3 is 2.47 bits per heavy atom. The van der Waals surface area contributed by atoms with Crippen molar-refractivity contribution in [1.29, 1.82) is 5.26 Å². The lowest BCUT2D eigenvalue weighted by Crippen LogP contribution is -2.66. The maximum Gasteiger partial charge on any atom is 0.227 e. The number of nitrogens with zero attached hydrogens (tertiary/aromatic N) is 2. The van der Waals surface area contributed by atoms with Crippen molar-refractivity contribution in [3.63, 3.8) is 0 Å². The summed E-state index contributed by atoms with van der Waals surface area (Å²) in [5.74, 6) is 6.89. The fraction of sp³-hybridized carbons (Fsp3) is 0.407. The zero-order valence-corrected chi connectivity index (χ0v) is 18.3. The molecule has 4 rings (SSSR count). The number of benzene rings is 2. The number of rotatable bonds is 4. The number of methoxy groups -OCH3 is 1. The molecule has 0 spiro atoms. The van der Waals surface area contributed by atoms with Crippen LogP contribution in [-0.4, -0.2) is 41.7 Å². The Kier molecular flexibility index (Phi) is 6.78. The van der Waals surface area contributed by atoms with Gasteiger partial charge >= 0.3 is 0 Å². The van der Waals surface area contributed by atoms with Gasteiger partial charge in [-0.1, -0.05) is 49.3 Å². The van der Waals surface area contributed by atoms with Gasteiger partial charge < -0.3 is 14.7 Å². The van der Waals surface area contributed by atoms with E-state index in [1.54, 1.807) is 12.0 Å². The summed E-state index contributed by atoms with van der Waals surface area (Å²) in [4.78, 5) is 14.7. The number of ether oxygens (including phenoxy) is 1. The maximum atomic E-state index is 13.1. The van der Waals surface area contributed by atoms with Crippen LogP contribution in [0.15, 0.2) is 48.5 Å². The van der Waals surface area contributed by atoms with Gasteiger partial charge in [-0.15, -0.1) is 0 Å². The number of amides is 1. The molecular formula is C27H28N2O3. The summed E-state index contributed by atoms with van der Waals surface area (Å²) in [5, 5.41) is 19.8. The number of likely N-dealkylation sites (tertiary alicyclic amines) is 1. The molecule has 0 aromatic heterocycles. The summed E-state index contributed by atoms with van der Waals surface area (Å²) in [6, 6.07) is 16.8. The highest BCUT2D eigenvalue weighted by Crippen LogP contribution is 2.42. The van der Waals surface area contributed by atoms with E-state index in [1.165, 1.54) is 6.42 Å². The lowest BCUT2D eigenvalue weighted by Gasteiger charge is -2.52. The lowest BCUT2D eigenvalue weighted by atomic mass is 9.74. The van der Waals surface area contributed by atoms with E-state index in [4.69, 9.17) is 4.74 Å². The Bertz CT molecular complexity index is 1050. The molecule has 1 heterocycles. The van der Waals surface area contributed by atoms with Gasteiger partial charge in [0.2, 0.25) is 5.91 Å². The van der Waals surface area contributed by atoms with E-state index in [9.17, 15) is 15.2 Å². The molecule has 0 unspecified atom stereocenters. The average Bonchev–Trinajstić information content (AvgIpc) is 2.84. The quantitative estimate of drug-likeness (QED) is 0.751. The summed E-state index contributed by atoms with van der Waals surface area (Å²) in [5.41, 5.74) is 2.68. The molecule has 1 saturated carbocycles. The first-order valence-corrected chi connectivity index (χ1v) is 11.2. The summed E-state index contributed by atoms with van der Waals surface area (Å²) in [6.45, 7) is -0.140. The minimum absolute atomic E-state index is 0.0103. The van der Waals surface area contributed by atoms with Gasteiger partial charge in [0.15, 0.2) is 0 Å². The number of hydrogen-bond donors (Lipinski definition) is 1. The van der Waals surface area contributed by atoms with Gasteiger partial charge in [0.05, 0.1) is 25.8 Å². The number of carbonyl (C=O) groups is 1. The van der Waals surface area contributed by atoms with E-state index in [2.05, 4.69) is 17.9 Å². The molecular weight excluding hydrogens is 400 g/mol. The summed E-state index contributed by atoms with van der Waals surface area (Å²) in [7, 11) is 1.63. The van der Waals surface area contributed by atoms with Crippen LogP contribution in [0.25, 0.3) is 0 Å². The third kappa shape index (κ3) is 4.35. The van der Waals surface area contributed by atoms with Crippen molar-refractivity contribution in [2.45, 2.75) is 50.1 Å². The SMILES string of the molecule is COc1cccc(C#Cc2ccc([C@@H]3[C@@H](CO)N(C(=O)C4CCCCC4)[C@H]3C#N)cc2)c1. The Hall–Kier alpha value is -3.28. The van der Waals surface area contributed by atoms with E-state index in [0.717, 1.165) is 48.1 Å². The van der Waals surface area contributed by atoms with Crippen LogP contribution >= 0.6 is 0 Å². The molecule has 1 saturated heterocycles. The molecule has 1 N–H and O–H groups in total. The van der Waals surface area contributed by atoms with Crippen molar-refractivity contribution in [3.8, 4) is 23.7 Å². The predicted octanol–water partition coefficient (Wildman–Crippen LogP) is 3.85. The van der Waals surface area contributed by atoms with Crippen molar-refractivity contribution in [2.24, 2.45) is 5.92 Å². The molecule has 1 aliphatic carbocycles. The monoisotopic (exact) mass is 428 g/mol. The fourth-order valence-electron chi connectivity index (χ4n) is 4.90. The average molecular weight is 429 g/mol. The van der Waals surface area contributed by atoms with Crippen LogP contribution in [0.4, 0.5) is 0 Å². The largest absolute Gasteiger partial charge is 0.497 e. The number of carbonyl (C=O) groups excluding carboxylic acids is 1. The molecule has 3 atom stereocenters. The van der Waals surface area contributed by atoms with Gasteiger partial charge in [0, 0.05) is 23.0 Å². The molecule has 5 nitrogen and oxygen atoms in total. The van der Waals surface area contributed by atoms with Crippen LogP contribution in [0.3, 0.4) is 0 Å². The lowest BCUT2D eigenvalue weighted by molar-refractivity contribution is -0.152. The molecule has 164 valence electrons. The first-order valence-electron chi connectivity index (χ1n) is 11.2. The predicted molar refractivity (Wildman–Crippen MR) is 122 cm³/mol. The Morgan fingerprint density at radius 2 is 1.81 bits per heavy atom. The first-order chi connectivity index (χ1) is 15.7. The smallest absolute Gasteiger partial charge is 0.227 e. The highest BCUT2D eigenvalue weighted by Gasteiger charge is 2.52. The second-order valence-corrected chi connectivity index (χ2v) is 8.53. The highest BCUT2D eigenvalue weighted by atomic mass is 16.5. The van der Waals surface area contributed by atoms with Crippen molar-refractivity contribution in [3.05, 3.63) is 65.2 Å². The topological polar surface area (TPSA) is 73.6 Å². The van der Waals surface area contributed by atoms with Gasteiger partial charge in [0.25, 0.3) is 0 Å². The minimum atomic E-state index is -0.532. The molecule has 2 fully saturated rings.